The van der Waals surface area contributed by atoms with E-state index < -0.39 is 28.5 Å². The Morgan fingerprint density at radius 2 is 1.74 bits per heavy atom. The van der Waals surface area contributed by atoms with Gasteiger partial charge < -0.3 is 10.2 Å². The van der Waals surface area contributed by atoms with E-state index in [0.29, 0.717) is 30.1 Å². The first-order chi connectivity index (χ1) is 16.4. The molecule has 0 saturated heterocycles. The molecule has 0 radical (unpaired) electrons. The Bertz CT molecular complexity index is 1110. The number of carbonyl (C=O) groups is 2. The number of benzene rings is 2. The highest BCUT2D eigenvalue weighted by Crippen LogP contribution is 2.25. The Balaban J connectivity index is 2.36. The standard InChI is InChI=1S/C26H36ClN3O4S/c1-6-24(26(32)28-17-19(2)3)29(15-14-21-10-8-7-9-11-21)25(31)18-30(35(5,33)34)22-13-12-20(4)23(27)16-22/h7-13,16,19,24H,6,14-15,17-18H2,1-5H3,(H,28,32)/t24-/m0/s1. The fourth-order valence-electron chi connectivity index (χ4n) is 3.67. The number of hydrogen-bond donors (Lipinski definition) is 1. The SMILES string of the molecule is CC[C@@H](C(=O)NCC(C)C)N(CCc1ccccc1)C(=O)CN(c1ccc(C)c(Cl)c1)S(C)(=O)=O. The molecule has 0 bridgehead atoms. The highest BCUT2D eigenvalue weighted by molar-refractivity contribution is 7.92. The molecule has 7 nitrogen and oxygen atoms in total. The van der Waals surface area contributed by atoms with Gasteiger partial charge in [0.1, 0.15) is 12.6 Å². The van der Waals surface area contributed by atoms with Gasteiger partial charge in [-0.05, 0) is 48.9 Å². The van der Waals surface area contributed by atoms with Crippen LogP contribution >= 0.6 is 11.6 Å². The van der Waals surface area contributed by atoms with Gasteiger partial charge in [-0.1, -0.05) is 68.8 Å². The number of aryl methyl sites for hydroxylation is 1. The van der Waals surface area contributed by atoms with Crippen LogP contribution < -0.4 is 9.62 Å². The maximum absolute atomic E-state index is 13.6. The Hall–Kier alpha value is -2.58. The van der Waals surface area contributed by atoms with Crippen LogP contribution in [0.5, 0.6) is 0 Å². The Morgan fingerprint density at radius 3 is 2.29 bits per heavy atom. The lowest BCUT2D eigenvalue weighted by molar-refractivity contribution is -0.139. The number of halogens is 1. The first kappa shape index (κ1) is 28.7. The van der Waals surface area contributed by atoms with Crippen molar-refractivity contribution in [3.63, 3.8) is 0 Å². The molecule has 0 aromatic heterocycles. The zero-order valence-electron chi connectivity index (χ0n) is 21.1. The molecular formula is C26H36ClN3O4S. The highest BCUT2D eigenvalue weighted by Gasteiger charge is 2.31. The van der Waals surface area contributed by atoms with Crippen LogP contribution in [0.3, 0.4) is 0 Å². The van der Waals surface area contributed by atoms with Gasteiger partial charge in [-0.15, -0.1) is 0 Å². The lowest BCUT2D eigenvalue weighted by Crippen LogP contribution is -2.53. The van der Waals surface area contributed by atoms with E-state index in [9.17, 15) is 18.0 Å². The van der Waals surface area contributed by atoms with Crippen molar-refractivity contribution in [1.82, 2.24) is 10.2 Å². The third-order valence-electron chi connectivity index (χ3n) is 5.68. The predicted octanol–water partition coefficient (Wildman–Crippen LogP) is 4.04. The van der Waals surface area contributed by atoms with Gasteiger partial charge in [0.15, 0.2) is 0 Å². The summed E-state index contributed by atoms with van der Waals surface area (Å²) in [6.07, 6.45) is 1.99. The third-order valence-corrected chi connectivity index (χ3v) is 7.23. The number of carbonyl (C=O) groups excluding carboxylic acids is 2. The third kappa shape index (κ3) is 8.54. The number of rotatable bonds is 12. The Morgan fingerprint density at radius 1 is 1.09 bits per heavy atom. The van der Waals surface area contributed by atoms with E-state index >= 15 is 0 Å². The zero-order valence-corrected chi connectivity index (χ0v) is 22.7. The quantitative estimate of drug-likeness (QED) is 0.456. The average molecular weight is 522 g/mol. The lowest BCUT2D eigenvalue weighted by Gasteiger charge is -2.33. The van der Waals surface area contributed by atoms with Crippen molar-refractivity contribution in [2.45, 2.75) is 46.6 Å². The van der Waals surface area contributed by atoms with E-state index in [0.717, 1.165) is 21.7 Å². The van der Waals surface area contributed by atoms with Crippen molar-refractivity contribution < 1.29 is 18.0 Å². The smallest absolute Gasteiger partial charge is 0.244 e. The van der Waals surface area contributed by atoms with Gasteiger partial charge in [0.05, 0.1) is 11.9 Å². The normalized spacial score (nSPS) is 12.3. The molecule has 35 heavy (non-hydrogen) atoms. The van der Waals surface area contributed by atoms with Crippen molar-refractivity contribution in [2.75, 3.05) is 30.2 Å². The lowest BCUT2D eigenvalue weighted by atomic mass is 10.1. The molecule has 2 amide bonds. The van der Waals surface area contributed by atoms with Crippen LogP contribution in [0.2, 0.25) is 5.02 Å². The second-order valence-electron chi connectivity index (χ2n) is 9.09. The second-order valence-corrected chi connectivity index (χ2v) is 11.4. The number of anilines is 1. The van der Waals surface area contributed by atoms with Gasteiger partial charge in [-0.3, -0.25) is 13.9 Å². The largest absolute Gasteiger partial charge is 0.354 e. The van der Waals surface area contributed by atoms with Crippen LogP contribution in [0.15, 0.2) is 48.5 Å². The molecule has 0 fully saturated rings. The second kappa shape index (κ2) is 12.9. The van der Waals surface area contributed by atoms with Gasteiger partial charge >= 0.3 is 0 Å². The van der Waals surface area contributed by atoms with Gasteiger partial charge in [0.25, 0.3) is 0 Å². The zero-order chi connectivity index (χ0) is 26.2. The average Bonchev–Trinajstić information content (AvgIpc) is 2.80. The molecule has 0 aliphatic heterocycles. The number of hydrogen-bond acceptors (Lipinski definition) is 4. The first-order valence-corrected chi connectivity index (χ1v) is 14.0. The molecule has 0 spiro atoms. The first-order valence-electron chi connectivity index (χ1n) is 11.8. The molecule has 2 aromatic carbocycles. The van der Waals surface area contributed by atoms with E-state index in [1.165, 1.54) is 11.0 Å². The van der Waals surface area contributed by atoms with Crippen molar-refractivity contribution in [3.05, 3.63) is 64.7 Å². The summed E-state index contributed by atoms with van der Waals surface area (Å²) in [6.45, 7) is 8.00. The molecule has 2 aromatic rings. The summed E-state index contributed by atoms with van der Waals surface area (Å²) < 4.78 is 26.3. The van der Waals surface area contributed by atoms with Crippen LogP contribution in [0.1, 0.15) is 38.3 Å². The fraction of sp³-hybridized carbons (Fsp3) is 0.462. The fourth-order valence-corrected chi connectivity index (χ4v) is 4.69. The van der Waals surface area contributed by atoms with Crippen molar-refractivity contribution in [2.24, 2.45) is 5.92 Å². The topological polar surface area (TPSA) is 86.8 Å². The number of nitrogens with one attached hydrogen (secondary N) is 1. The Kier molecular flexibility index (Phi) is 10.6. The molecule has 1 atom stereocenters. The van der Waals surface area contributed by atoms with Crippen molar-refractivity contribution >= 4 is 39.1 Å². The summed E-state index contributed by atoms with van der Waals surface area (Å²) in [7, 11) is -3.79. The molecule has 0 aliphatic rings. The van der Waals surface area contributed by atoms with Crippen molar-refractivity contribution in [3.8, 4) is 0 Å². The molecule has 0 unspecified atom stereocenters. The monoisotopic (exact) mass is 521 g/mol. The minimum Gasteiger partial charge on any atom is -0.354 e. The molecule has 9 heteroatoms. The van der Waals surface area contributed by atoms with Crippen LogP contribution in [0.25, 0.3) is 0 Å². The van der Waals surface area contributed by atoms with Crippen LogP contribution in [0.4, 0.5) is 5.69 Å². The molecule has 1 N–H and O–H groups in total. The van der Waals surface area contributed by atoms with Crippen LogP contribution in [-0.2, 0) is 26.0 Å². The molecule has 0 aliphatic carbocycles. The van der Waals surface area contributed by atoms with Gasteiger partial charge in [-0.25, -0.2) is 8.42 Å². The summed E-state index contributed by atoms with van der Waals surface area (Å²) in [5.41, 5.74) is 2.12. The van der Waals surface area contributed by atoms with Crippen LogP contribution in [-0.4, -0.2) is 57.1 Å². The van der Waals surface area contributed by atoms with E-state index in [1.807, 2.05) is 58.0 Å². The van der Waals surface area contributed by atoms with Gasteiger partial charge in [0.2, 0.25) is 21.8 Å². The molecular weight excluding hydrogens is 486 g/mol. The Labute approximate surface area is 214 Å². The van der Waals surface area contributed by atoms with E-state index in [1.54, 1.807) is 12.1 Å². The van der Waals surface area contributed by atoms with Crippen molar-refractivity contribution in [1.29, 1.82) is 0 Å². The van der Waals surface area contributed by atoms with Gasteiger partial charge in [0, 0.05) is 18.1 Å². The highest BCUT2D eigenvalue weighted by atomic mass is 35.5. The summed E-state index contributed by atoms with van der Waals surface area (Å²) >= 11 is 6.23. The summed E-state index contributed by atoms with van der Waals surface area (Å²) in [6, 6.07) is 13.8. The summed E-state index contributed by atoms with van der Waals surface area (Å²) in [4.78, 5) is 28.1. The molecule has 0 heterocycles. The minimum absolute atomic E-state index is 0.244. The maximum Gasteiger partial charge on any atom is 0.244 e. The van der Waals surface area contributed by atoms with E-state index in [-0.39, 0.29) is 18.4 Å². The molecule has 0 saturated carbocycles. The molecule has 2 rings (SSSR count). The summed E-state index contributed by atoms with van der Waals surface area (Å²) in [5.74, 6) is -0.432. The predicted molar refractivity (Wildman–Crippen MR) is 142 cm³/mol. The van der Waals surface area contributed by atoms with Gasteiger partial charge in [-0.2, -0.15) is 0 Å². The maximum atomic E-state index is 13.6. The van der Waals surface area contributed by atoms with E-state index in [2.05, 4.69) is 5.32 Å². The number of nitrogens with zero attached hydrogens (tertiary/aromatic N) is 2. The molecule has 192 valence electrons. The number of amides is 2. The minimum atomic E-state index is -3.79. The van der Waals surface area contributed by atoms with Crippen LogP contribution in [0, 0.1) is 12.8 Å². The number of sulfonamides is 1. The summed E-state index contributed by atoms with van der Waals surface area (Å²) in [5, 5.41) is 3.32. The van der Waals surface area contributed by atoms with E-state index in [4.69, 9.17) is 11.6 Å².